The summed E-state index contributed by atoms with van der Waals surface area (Å²) in [4.78, 5) is 16.4. The van der Waals surface area contributed by atoms with Crippen LogP contribution in [0.1, 0.15) is 11.1 Å². The number of nitrogens with one attached hydrogen (secondary N) is 1. The van der Waals surface area contributed by atoms with E-state index in [0.29, 0.717) is 16.4 Å². The van der Waals surface area contributed by atoms with Gasteiger partial charge in [-0.1, -0.05) is 35.6 Å². The van der Waals surface area contributed by atoms with Gasteiger partial charge in [-0.05, 0) is 23.8 Å². The van der Waals surface area contributed by atoms with Gasteiger partial charge in [0.1, 0.15) is 11.3 Å². The monoisotopic (exact) mass is 366 g/mol. The van der Waals surface area contributed by atoms with E-state index in [1.165, 1.54) is 30.6 Å². The molecular formula is C17H13F3N2O2S. The molecule has 0 radical (unpaired) electrons. The van der Waals surface area contributed by atoms with E-state index in [4.69, 9.17) is 4.74 Å². The molecule has 0 fully saturated rings. The summed E-state index contributed by atoms with van der Waals surface area (Å²) >= 11 is 1.27. The molecule has 25 heavy (non-hydrogen) atoms. The molecule has 130 valence electrons. The van der Waals surface area contributed by atoms with Crippen molar-refractivity contribution in [2.75, 3.05) is 12.4 Å². The molecule has 0 bridgehead atoms. The van der Waals surface area contributed by atoms with Gasteiger partial charge < -0.3 is 10.1 Å². The largest absolute Gasteiger partial charge is 0.494 e. The molecule has 0 aliphatic carbocycles. The van der Waals surface area contributed by atoms with Crippen LogP contribution in [0.25, 0.3) is 10.2 Å². The van der Waals surface area contributed by atoms with Gasteiger partial charge in [-0.3, -0.25) is 4.79 Å². The van der Waals surface area contributed by atoms with Crippen LogP contribution in [0.15, 0.2) is 42.5 Å². The number of halogens is 3. The number of amides is 1. The number of thiazole rings is 1. The van der Waals surface area contributed by atoms with Crippen LogP contribution in [0.4, 0.5) is 18.3 Å². The first-order valence-corrected chi connectivity index (χ1v) is 8.08. The second kappa shape index (κ2) is 6.72. The molecular weight excluding hydrogens is 353 g/mol. The lowest BCUT2D eigenvalue weighted by atomic mass is 10.1. The Kier molecular flexibility index (Phi) is 4.63. The number of ether oxygens (including phenoxy) is 1. The number of anilines is 1. The van der Waals surface area contributed by atoms with Crippen molar-refractivity contribution in [2.45, 2.75) is 12.6 Å². The van der Waals surface area contributed by atoms with E-state index in [9.17, 15) is 18.0 Å². The molecule has 8 heteroatoms. The van der Waals surface area contributed by atoms with Crippen molar-refractivity contribution in [3.05, 3.63) is 53.6 Å². The fourth-order valence-corrected chi connectivity index (χ4v) is 3.25. The molecule has 0 aliphatic rings. The van der Waals surface area contributed by atoms with Crippen molar-refractivity contribution in [3.8, 4) is 5.75 Å². The first kappa shape index (κ1) is 17.2. The number of nitrogens with zero attached hydrogens (tertiary/aromatic N) is 1. The van der Waals surface area contributed by atoms with E-state index in [-0.39, 0.29) is 12.0 Å². The standard InChI is InChI=1S/C17H13F3N2O2S/c1-24-12-6-3-7-13-15(12)22-16(25-13)21-14(23)9-10-4-2-5-11(8-10)17(18,19)20/h2-8H,9H2,1H3,(H,21,22,23). The number of aromatic nitrogens is 1. The van der Waals surface area contributed by atoms with Crippen molar-refractivity contribution >= 4 is 32.6 Å². The van der Waals surface area contributed by atoms with Gasteiger partial charge in [0.2, 0.25) is 5.91 Å². The maximum Gasteiger partial charge on any atom is 0.416 e. The summed E-state index contributed by atoms with van der Waals surface area (Å²) in [5.74, 6) is 0.157. The molecule has 1 N–H and O–H groups in total. The smallest absolute Gasteiger partial charge is 0.416 e. The number of fused-ring (bicyclic) bond motifs is 1. The quantitative estimate of drug-likeness (QED) is 0.739. The van der Waals surface area contributed by atoms with E-state index in [1.807, 2.05) is 12.1 Å². The lowest BCUT2D eigenvalue weighted by Crippen LogP contribution is -2.15. The Hall–Kier alpha value is -2.61. The highest BCUT2D eigenvalue weighted by atomic mass is 32.1. The van der Waals surface area contributed by atoms with Gasteiger partial charge in [0.15, 0.2) is 5.13 Å². The Morgan fingerprint density at radius 2 is 2.00 bits per heavy atom. The van der Waals surface area contributed by atoms with Crippen LogP contribution in [-0.4, -0.2) is 18.0 Å². The number of rotatable bonds is 4. The first-order valence-electron chi connectivity index (χ1n) is 7.26. The summed E-state index contributed by atoms with van der Waals surface area (Å²) < 4.78 is 44.2. The van der Waals surface area contributed by atoms with Crippen molar-refractivity contribution in [2.24, 2.45) is 0 Å². The van der Waals surface area contributed by atoms with Gasteiger partial charge in [-0.25, -0.2) is 4.98 Å². The summed E-state index contributed by atoms with van der Waals surface area (Å²) in [6, 6.07) is 10.1. The number of benzene rings is 2. The minimum absolute atomic E-state index is 0.170. The fraction of sp³-hybridized carbons (Fsp3) is 0.176. The molecule has 1 amide bonds. The molecule has 0 saturated heterocycles. The SMILES string of the molecule is COc1cccc2sc(NC(=O)Cc3cccc(C(F)(F)F)c3)nc12. The predicted molar refractivity (Wildman–Crippen MR) is 89.9 cm³/mol. The highest BCUT2D eigenvalue weighted by Gasteiger charge is 2.30. The van der Waals surface area contributed by atoms with Gasteiger partial charge in [0, 0.05) is 0 Å². The van der Waals surface area contributed by atoms with Crippen LogP contribution in [-0.2, 0) is 17.4 Å². The molecule has 0 aliphatic heterocycles. The number of carbonyl (C=O) groups excluding carboxylic acids is 1. The van der Waals surface area contributed by atoms with Crippen molar-refractivity contribution < 1.29 is 22.7 Å². The Morgan fingerprint density at radius 1 is 1.24 bits per heavy atom. The molecule has 3 aromatic rings. The Balaban J connectivity index is 1.75. The number of hydrogen-bond acceptors (Lipinski definition) is 4. The average molecular weight is 366 g/mol. The summed E-state index contributed by atoms with van der Waals surface area (Å²) in [6.07, 6.45) is -4.60. The van der Waals surface area contributed by atoms with Crippen molar-refractivity contribution in [1.82, 2.24) is 4.98 Å². The summed E-state index contributed by atoms with van der Waals surface area (Å²) in [5.41, 5.74) is 0.137. The second-order valence-corrected chi connectivity index (χ2v) is 6.28. The lowest BCUT2D eigenvalue weighted by molar-refractivity contribution is -0.137. The molecule has 3 rings (SSSR count). The molecule has 1 heterocycles. The Bertz CT molecular complexity index is 922. The summed E-state index contributed by atoms with van der Waals surface area (Å²) in [6.45, 7) is 0. The number of carbonyl (C=O) groups is 1. The van der Waals surface area contributed by atoms with Crippen LogP contribution < -0.4 is 10.1 Å². The summed E-state index contributed by atoms with van der Waals surface area (Å²) in [7, 11) is 1.53. The van der Waals surface area contributed by atoms with Crippen LogP contribution in [0.2, 0.25) is 0 Å². The normalized spacial score (nSPS) is 11.5. The zero-order chi connectivity index (χ0) is 18.0. The number of methoxy groups -OCH3 is 1. The van der Waals surface area contributed by atoms with Crippen LogP contribution >= 0.6 is 11.3 Å². The van der Waals surface area contributed by atoms with Crippen molar-refractivity contribution in [1.29, 1.82) is 0 Å². The average Bonchev–Trinajstić information content (AvgIpc) is 2.96. The molecule has 1 aromatic heterocycles. The third-order valence-corrected chi connectivity index (χ3v) is 4.40. The second-order valence-electron chi connectivity index (χ2n) is 5.25. The van der Waals surface area contributed by atoms with Crippen molar-refractivity contribution in [3.63, 3.8) is 0 Å². The number of hydrogen-bond donors (Lipinski definition) is 1. The van der Waals surface area contributed by atoms with Gasteiger partial charge in [-0.15, -0.1) is 0 Å². The van der Waals surface area contributed by atoms with Gasteiger partial charge in [0.25, 0.3) is 0 Å². The van der Waals surface area contributed by atoms with Crippen LogP contribution in [0, 0.1) is 0 Å². The van der Waals surface area contributed by atoms with Crippen LogP contribution in [0.5, 0.6) is 5.75 Å². The van der Waals surface area contributed by atoms with Gasteiger partial charge in [0.05, 0.1) is 23.8 Å². The Morgan fingerprint density at radius 3 is 2.72 bits per heavy atom. The minimum atomic E-state index is -4.43. The zero-order valence-corrected chi connectivity index (χ0v) is 13.9. The lowest BCUT2D eigenvalue weighted by Gasteiger charge is -2.08. The van der Waals surface area contributed by atoms with Gasteiger partial charge in [-0.2, -0.15) is 13.2 Å². The third kappa shape index (κ3) is 3.90. The molecule has 4 nitrogen and oxygen atoms in total. The number of alkyl halides is 3. The van der Waals surface area contributed by atoms with Crippen LogP contribution in [0.3, 0.4) is 0 Å². The van der Waals surface area contributed by atoms with Gasteiger partial charge >= 0.3 is 6.18 Å². The Labute approximate surface area is 145 Å². The van der Waals surface area contributed by atoms with E-state index in [2.05, 4.69) is 10.3 Å². The molecule has 0 unspecified atom stereocenters. The minimum Gasteiger partial charge on any atom is -0.494 e. The van der Waals surface area contributed by atoms with E-state index >= 15 is 0 Å². The highest BCUT2D eigenvalue weighted by Crippen LogP contribution is 2.32. The topological polar surface area (TPSA) is 51.2 Å². The zero-order valence-electron chi connectivity index (χ0n) is 13.1. The highest BCUT2D eigenvalue weighted by molar-refractivity contribution is 7.22. The fourth-order valence-electron chi connectivity index (χ4n) is 2.35. The van der Waals surface area contributed by atoms with E-state index in [1.54, 1.807) is 6.07 Å². The maximum absolute atomic E-state index is 12.7. The molecule has 2 aromatic carbocycles. The third-order valence-electron chi connectivity index (χ3n) is 3.47. The van der Waals surface area contributed by atoms with E-state index in [0.717, 1.165) is 16.8 Å². The van der Waals surface area contributed by atoms with E-state index < -0.39 is 17.6 Å². The predicted octanol–water partition coefficient (Wildman–Crippen LogP) is 4.50. The first-order chi connectivity index (χ1) is 11.9. The summed E-state index contributed by atoms with van der Waals surface area (Å²) in [5, 5.41) is 2.99. The molecule has 0 saturated carbocycles. The molecule has 0 spiro atoms. The number of para-hydroxylation sites is 1. The molecule has 0 atom stereocenters. The maximum atomic E-state index is 12.7.